The first kappa shape index (κ1) is 17.0. The number of fused-ring (bicyclic) bond motifs is 3. The molecule has 0 spiro atoms. The van der Waals surface area contributed by atoms with Crippen LogP contribution >= 0.6 is 22.9 Å². The summed E-state index contributed by atoms with van der Waals surface area (Å²) in [5.41, 5.74) is 2.02. The van der Waals surface area contributed by atoms with E-state index in [2.05, 4.69) is 44.1 Å². The SMILES string of the molecule is O=C1c2cccn2[C@H]2CN(Cc3cccc(Cl)c3)C[C@H]2N1Cc1cccs1. The van der Waals surface area contributed by atoms with Crippen molar-refractivity contribution in [1.29, 1.82) is 0 Å². The van der Waals surface area contributed by atoms with E-state index in [0.717, 1.165) is 30.4 Å². The molecule has 2 aromatic heterocycles. The van der Waals surface area contributed by atoms with Crippen LogP contribution in [0.25, 0.3) is 0 Å². The first-order valence-electron chi connectivity index (χ1n) is 9.16. The topological polar surface area (TPSA) is 28.5 Å². The van der Waals surface area contributed by atoms with Crippen LogP contribution < -0.4 is 0 Å². The standard InChI is InChI=1S/C21H20ClN3OS/c22-16-5-1-4-15(10-16)11-23-13-19-20(14-23)25(12-17-6-3-9-27-17)21(26)18-7-2-8-24(18)19/h1-10,19-20H,11-14H2/t19-,20+/m0/s1. The van der Waals surface area contributed by atoms with Crippen molar-refractivity contribution >= 4 is 28.8 Å². The molecule has 27 heavy (non-hydrogen) atoms. The lowest BCUT2D eigenvalue weighted by atomic mass is 10.1. The summed E-state index contributed by atoms with van der Waals surface area (Å²) in [7, 11) is 0. The van der Waals surface area contributed by atoms with Crippen LogP contribution in [-0.2, 0) is 13.1 Å². The number of hydrogen-bond donors (Lipinski definition) is 0. The third-order valence-corrected chi connectivity index (χ3v) is 6.65. The van der Waals surface area contributed by atoms with E-state index < -0.39 is 0 Å². The molecule has 0 unspecified atom stereocenters. The summed E-state index contributed by atoms with van der Waals surface area (Å²) in [4.78, 5) is 18.9. The van der Waals surface area contributed by atoms with Gasteiger partial charge in [0, 0.05) is 35.7 Å². The number of thiophene rings is 1. The highest BCUT2D eigenvalue weighted by molar-refractivity contribution is 7.09. The van der Waals surface area contributed by atoms with Gasteiger partial charge in [0.2, 0.25) is 0 Å². The lowest BCUT2D eigenvalue weighted by Gasteiger charge is -2.38. The first-order chi connectivity index (χ1) is 13.2. The first-order valence-corrected chi connectivity index (χ1v) is 10.4. The fraction of sp³-hybridized carbons (Fsp3) is 0.286. The molecular weight excluding hydrogens is 378 g/mol. The van der Waals surface area contributed by atoms with Crippen LogP contribution in [0.4, 0.5) is 0 Å². The van der Waals surface area contributed by atoms with Gasteiger partial charge in [-0.2, -0.15) is 0 Å². The Morgan fingerprint density at radius 3 is 2.74 bits per heavy atom. The van der Waals surface area contributed by atoms with Crippen LogP contribution in [0.5, 0.6) is 0 Å². The monoisotopic (exact) mass is 397 g/mol. The van der Waals surface area contributed by atoms with Gasteiger partial charge in [-0.05, 0) is 41.3 Å². The van der Waals surface area contributed by atoms with Crippen molar-refractivity contribution in [2.75, 3.05) is 13.1 Å². The number of halogens is 1. The number of nitrogens with zero attached hydrogens (tertiary/aromatic N) is 3. The van der Waals surface area contributed by atoms with Crippen molar-refractivity contribution in [3.63, 3.8) is 0 Å². The second kappa shape index (κ2) is 6.82. The summed E-state index contributed by atoms with van der Waals surface area (Å²) in [6.07, 6.45) is 2.05. The minimum absolute atomic E-state index is 0.138. The van der Waals surface area contributed by atoms with Gasteiger partial charge in [-0.15, -0.1) is 11.3 Å². The van der Waals surface area contributed by atoms with Gasteiger partial charge in [0.1, 0.15) is 5.69 Å². The Labute approximate surface area is 167 Å². The summed E-state index contributed by atoms with van der Waals surface area (Å²) in [6, 6.07) is 16.6. The zero-order valence-corrected chi connectivity index (χ0v) is 16.4. The molecule has 2 aliphatic heterocycles. The number of carbonyl (C=O) groups is 1. The van der Waals surface area contributed by atoms with E-state index in [-0.39, 0.29) is 11.9 Å². The summed E-state index contributed by atoms with van der Waals surface area (Å²) in [5.74, 6) is 0.138. The normalized spacial score (nSPS) is 22.1. The number of likely N-dealkylation sites (tertiary alicyclic amines) is 1. The highest BCUT2D eigenvalue weighted by atomic mass is 35.5. The molecule has 138 valence electrons. The molecular formula is C21H20ClN3OS. The second-order valence-corrected chi connectivity index (χ2v) is 8.74. The fourth-order valence-electron chi connectivity index (χ4n) is 4.37. The molecule has 3 aromatic rings. The van der Waals surface area contributed by atoms with Gasteiger partial charge in [-0.1, -0.05) is 29.8 Å². The van der Waals surface area contributed by atoms with E-state index in [1.54, 1.807) is 11.3 Å². The predicted octanol–water partition coefficient (Wildman–Crippen LogP) is 4.28. The summed E-state index contributed by atoms with van der Waals surface area (Å²) in [6.45, 7) is 3.36. The summed E-state index contributed by atoms with van der Waals surface area (Å²) >= 11 is 7.86. The van der Waals surface area contributed by atoms with Crippen LogP contribution in [0.2, 0.25) is 5.02 Å². The molecule has 1 amide bonds. The van der Waals surface area contributed by atoms with Gasteiger partial charge in [0.05, 0.1) is 18.6 Å². The molecule has 4 heterocycles. The Hall–Kier alpha value is -2.08. The second-order valence-electron chi connectivity index (χ2n) is 7.27. The third kappa shape index (κ3) is 3.10. The number of hydrogen-bond acceptors (Lipinski definition) is 3. The van der Waals surface area contributed by atoms with Crippen molar-refractivity contribution in [2.24, 2.45) is 0 Å². The zero-order valence-electron chi connectivity index (χ0n) is 14.8. The molecule has 5 rings (SSSR count). The van der Waals surface area contributed by atoms with Crippen LogP contribution in [-0.4, -0.2) is 39.4 Å². The Balaban J connectivity index is 1.43. The maximum atomic E-state index is 13.1. The van der Waals surface area contributed by atoms with Crippen LogP contribution in [0.1, 0.15) is 27.0 Å². The minimum Gasteiger partial charge on any atom is -0.337 e. The molecule has 0 bridgehead atoms. The molecule has 4 nitrogen and oxygen atoms in total. The highest BCUT2D eigenvalue weighted by Gasteiger charge is 2.44. The highest BCUT2D eigenvalue weighted by Crippen LogP contribution is 2.35. The van der Waals surface area contributed by atoms with Gasteiger partial charge in [-0.25, -0.2) is 0 Å². The smallest absolute Gasteiger partial charge is 0.271 e. The summed E-state index contributed by atoms with van der Waals surface area (Å²) in [5, 5.41) is 2.84. The summed E-state index contributed by atoms with van der Waals surface area (Å²) < 4.78 is 2.18. The zero-order chi connectivity index (χ0) is 18.4. The van der Waals surface area contributed by atoms with E-state index >= 15 is 0 Å². The number of rotatable bonds is 4. The van der Waals surface area contributed by atoms with Crippen LogP contribution in [0.15, 0.2) is 60.1 Å². The van der Waals surface area contributed by atoms with Crippen LogP contribution in [0, 0.1) is 0 Å². The third-order valence-electron chi connectivity index (χ3n) is 5.55. The maximum Gasteiger partial charge on any atom is 0.271 e. The Morgan fingerprint density at radius 1 is 1.04 bits per heavy atom. The molecule has 0 aliphatic carbocycles. The molecule has 0 N–H and O–H groups in total. The molecule has 2 atom stereocenters. The van der Waals surface area contributed by atoms with E-state index in [1.165, 1.54) is 10.4 Å². The fourth-order valence-corrected chi connectivity index (χ4v) is 5.29. The van der Waals surface area contributed by atoms with Crippen molar-refractivity contribution < 1.29 is 4.79 Å². The number of benzene rings is 1. The molecule has 1 aromatic carbocycles. The van der Waals surface area contributed by atoms with Gasteiger partial charge in [0.25, 0.3) is 5.91 Å². The van der Waals surface area contributed by atoms with Crippen molar-refractivity contribution in [1.82, 2.24) is 14.4 Å². The lowest BCUT2D eigenvalue weighted by Crippen LogP contribution is -2.49. The number of amides is 1. The Bertz CT molecular complexity index is 967. The van der Waals surface area contributed by atoms with E-state index in [0.29, 0.717) is 12.6 Å². The van der Waals surface area contributed by atoms with Crippen molar-refractivity contribution in [3.8, 4) is 0 Å². The van der Waals surface area contributed by atoms with Crippen LogP contribution in [0.3, 0.4) is 0 Å². The quantitative estimate of drug-likeness (QED) is 0.657. The average molecular weight is 398 g/mol. The maximum absolute atomic E-state index is 13.1. The Morgan fingerprint density at radius 2 is 1.93 bits per heavy atom. The van der Waals surface area contributed by atoms with Crippen molar-refractivity contribution in [3.05, 3.63) is 81.3 Å². The molecule has 6 heteroatoms. The number of carbonyl (C=O) groups excluding carboxylic acids is 1. The molecule has 1 saturated heterocycles. The van der Waals surface area contributed by atoms with E-state index in [1.807, 2.05) is 30.3 Å². The molecule has 0 radical (unpaired) electrons. The Kier molecular flexibility index (Phi) is 4.31. The average Bonchev–Trinajstić information content (AvgIpc) is 3.38. The van der Waals surface area contributed by atoms with E-state index in [4.69, 9.17) is 11.6 Å². The molecule has 0 saturated carbocycles. The largest absolute Gasteiger partial charge is 0.337 e. The predicted molar refractivity (Wildman–Crippen MR) is 108 cm³/mol. The lowest BCUT2D eigenvalue weighted by molar-refractivity contribution is 0.0559. The van der Waals surface area contributed by atoms with E-state index in [9.17, 15) is 4.79 Å². The molecule has 1 fully saturated rings. The van der Waals surface area contributed by atoms with Crippen molar-refractivity contribution in [2.45, 2.75) is 25.2 Å². The van der Waals surface area contributed by atoms with Gasteiger partial charge in [0.15, 0.2) is 0 Å². The van der Waals surface area contributed by atoms with Gasteiger partial charge < -0.3 is 9.47 Å². The molecule has 2 aliphatic rings. The number of aromatic nitrogens is 1. The van der Waals surface area contributed by atoms with Gasteiger partial charge >= 0.3 is 0 Å². The minimum atomic E-state index is 0.138. The van der Waals surface area contributed by atoms with Gasteiger partial charge in [-0.3, -0.25) is 9.69 Å².